The fraction of sp³-hybridized carbons (Fsp3) is 0.682. The molecule has 1 N–H and O–H groups in total. The van der Waals surface area contributed by atoms with E-state index in [9.17, 15) is 26.4 Å². The van der Waals surface area contributed by atoms with Crippen molar-refractivity contribution in [1.82, 2.24) is 0 Å². The maximum absolute atomic E-state index is 13.0. The summed E-state index contributed by atoms with van der Waals surface area (Å²) in [5.74, 6) is -0.584. The number of rotatable bonds is 8. The molecule has 5 atom stereocenters. The molecule has 2 bridgehead atoms. The quantitative estimate of drug-likeness (QED) is 0.418. The number of ether oxygens (including phenoxy) is 3. The molecule has 0 amide bonds. The van der Waals surface area contributed by atoms with Crippen molar-refractivity contribution >= 4 is 16.1 Å². The molecule has 1 aromatic carbocycles. The fourth-order valence-corrected chi connectivity index (χ4v) is 6.57. The summed E-state index contributed by atoms with van der Waals surface area (Å²) in [6.45, 7) is 1.36. The van der Waals surface area contributed by atoms with Gasteiger partial charge in [0.2, 0.25) is 0 Å². The highest BCUT2D eigenvalue weighted by molar-refractivity contribution is 7.85. The number of fused-ring (bicyclic) bond motifs is 5. The van der Waals surface area contributed by atoms with Crippen LogP contribution in [0.5, 0.6) is 11.5 Å². The number of carbonyl (C=O) groups excluding carboxylic acids is 1. The molecule has 184 valence electrons. The van der Waals surface area contributed by atoms with Crippen LogP contribution in [0.15, 0.2) is 18.2 Å². The third-order valence-corrected chi connectivity index (χ3v) is 8.16. The zero-order valence-corrected chi connectivity index (χ0v) is 19.0. The van der Waals surface area contributed by atoms with Gasteiger partial charge in [-0.2, -0.15) is 8.42 Å². The molecule has 0 saturated heterocycles. The molecule has 4 rings (SSSR count). The minimum Gasteiger partial charge on any atom is -0.483 e. The third kappa shape index (κ3) is 5.08. The molecule has 0 radical (unpaired) electrons. The van der Waals surface area contributed by atoms with Gasteiger partial charge in [-0.1, -0.05) is 13.3 Å². The molecule has 0 heterocycles. The van der Waals surface area contributed by atoms with Gasteiger partial charge in [-0.15, -0.1) is 13.2 Å². The summed E-state index contributed by atoms with van der Waals surface area (Å²) in [5, 5.41) is 0. The molecule has 1 aromatic rings. The molecular formula is C22H27F3O7S. The van der Waals surface area contributed by atoms with Crippen molar-refractivity contribution in [3.8, 4) is 11.5 Å². The van der Waals surface area contributed by atoms with E-state index in [4.69, 9.17) is 14.0 Å². The summed E-state index contributed by atoms with van der Waals surface area (Å²) in [5.41, 5.74) is -0.740. The highest BCUT2D eigenvalue weighted by atomic mass is 32.2. The summed E-state index contributed by atoms with van der Waals surface area (Å²) >= 11 is 0. The Morgan fingerprint density at radius 2 is 1.94 bits per heavy atom. The van der Waals surface area contributed by atoms with E-state index in [0.29, 0.717) is 24.2 Å². The summed E-state index contributed by atoms with van der Waals surface area (Å²) < 4.78 is 84.8. The molecule has 3 fully saturated rings. The van der Waals surface area contributed by atoms with Crippen molar-refractivity contribution < 1.29 is 45.1 Å². The van der Waals surface area contributed by atoms with Crippen molar-refractivity contribution in [2.75, 3.05) is 12.4 Å². The minimum absolute atomic E-state index is 0.108. The van der Waals surface area contributed by atoms with Crippen molar-refractivity contribution in [3.63, 3.8) is 0 Å². The summed E-state index contributed by atoms with van der Waals surface area (Å²) in [6, 6.07) is 3.24. The number of hydrogen-bond acceptors (Lipinski definition) is 6. The standard InChI is InChI=1S/C22H27F3O7S/c1-2-21(12-14-10-17(21)16-5-3-4-15(14)16)31-19-11-13(6-7-18(19)32-22(23,24)25)20(26)30-8-9-33(27,28)29/h6-7,11,14-17H,2-5,8-10,12H2,1H3,(H,27,28,29). The van der Waals surface area contributed by atoms with Crippen LogP contribution in [0.1, 0.15) is 55.8 Å². The summed E-state index contributed by atoms with van der Waals surface area (Å²) in [7, 11) is -4.32. The first-order valence-corrected chi connectivity index (χ1v) is 12.7. The van der Waals surface area contributed by atoms with Gasteiger partial charge in [0.1, 0.15) is 18.0 Å². The fourth-order valence-electron chi connectivity index (χ4n) is 6.27. The zero-order valence-electron chi connectivity index (χ0n) is 18.1. The van der Waals surface area contributed by atoms with E-state index in [0.717, 1.165) is 43.9 Å². The van der Waals surface area contributed by atoms with E-state index in [1.807, 2.05) is 6.92 Å². The van der Waals surface area contributed by atoms with Gasteiger partial charge in [0, 0.05) is 5.92 Å². The number of benzene rings is 1. The van der Waals surface area contributed by atoms with E-state index in [1.54, 1.807) is 0 Å². The molecule has 3 aliphatic carbocycles. The SMILES string of the molecule is CCC1(Oc2cc(C(=O)OCCS(=O)(=O)O)ccc2OC(F)(F)F)CC2CC1C1CCCC21. The molecule has 33 heavy (non-hydrogen) atoms. The predicted molar refractivity (Wildman–Crippen MR) is 111 cm³/mol. The molecule has 11 heteroatoms. The van der Waals surface area contributed by atoms with E-state index < -0.39 is 46.2 Å². The Balaban J connectivity index is 1.59. The molecule has 0 aliphatic heterocycles. The van der Waals surface area contributed by atoms with Gasteiger partial charge in [-0.25, -0.2) is 4.79 Å². The number of carbonyl (C=O) groups is 1. The van der Waals surface area contributed by atoms with Crippen LogP contribution in [-0.4, -0.2) is 43.3 Å². The number of alkyl halides is 3. The molecule has 5 unspecified atom stereocenters. The van der Waals surface area contributed by atoms with Crippen LogP contribution in [0.25, 0.3) is 0 Å². The number of hydrogen-bond donors (Lipinski definition) is 1. The van der Waals surface area contributed by atoms with Crippen molar-refractivity contribution in [1.29, 1.82) is 0 Å². The van der Waals surface area contributed by atoms with Crippen LogP contribution in [0.2, 0.25) is 0 Å². The van der Waals surface area contributed by atoms with Gasteiger partial charge in [-0.05, 0) is 68.1 Å². The Bertz CT molecular complexity index is 1010. The minimum atomic E-state index is -4.94. The Labute approximate surface area is 190 Å². The van der Waals surface area contributed by atoms with Gasteiger partial charge >= 0.3 is 12.3 Å². The second-order valence-electron chi connectivity index (χ2n) is 9.22. The van der Waals surface area contributed by atoms with Crippen LogP contribution in [0.4, 0.5) is 13.2 Å². The molecule has 0 aromatic heterocycles. The monoisotopic (exact) mass is 492 g/mol. The third-order valence-electron chi connectivity index (χ3n) is 7.48. The first kappa shape index (κ1) is 24.1. The highest BCUT2D eigenvalue weighted by Gasteiger charge is 2.61. The first-order valence-electron chi connectivity index (χ1n) is 11.1. The molecule has 3 aliphatic rings. The Kier molecular flexibility index (Phi) is 6.32. The second-order valence-corrected chi connectivity index (χ2v) is 10.8. The summed E-state index contributed by atoms with van der Waals surface area (Å²) in [6.07, 6.45) is 0.878. The van der Waals surface area contributed by atoms with Crippen LogP contribution >= 0.6 is 0 Å². The van der Waals surface area contributed by atoms with Gasteiger partial charge in [-0.3, -0.25) is 4.55 Å². The lowest BCUT2D eigenvalue weighted by Crippen LogP contribution is -2.46. The smallest absolute Gasteiger partial charge is 0.483 e. The van der Waals surface area contributed by atoms with E-state index in [-0.39, 0.29) is 17.2 Å². The largest absolute Gasteiger partial charge is 0.573 e. The Morgan fingerprint density at radius 3 is 2.61 bits per heavy atom. The Hall–Kier alpha value is -2.01. The lowest BCUT2D eigenvalue weighted by atomic mass is 9.71. The second kappa shape index (κ2) is 8.65. The van der Waals surface area contributed by atoms with Gasteiger partial charge in [0.15, 0.2) is 11.5 Å². The van der Waals surface area contributed by atoms with Crippen molar-refractivity contribution in [2.24, 2.45) is 23.7 Å². The van der Waals surface area contributed by atoms with Crippen LogP contribution in [0.3, 0.4) is 0 Å². The Morgan fingerprint density at radius 1 is 1.21 bits per heavy atom. The maximum Gasteiger partial charge on any atom is 0.573 e. The normalized spacial score (nSPS) is 30.8. The van der Waals surface area contributed by atoms with E-state index >= 15 is 0 Å². The van der Waals surface area contributed by atoms with Gasteiger partial charge in [0.05, 0.1) is 5.56 Å². The molecule has 7 nitrogen and oxygen atoms in total. The molecule has 0 spiro atoms. The maximum atomic E-state index is 13.0. The van der Waals surface area contributed by atoms with E-state index in [1.165, 1.54) is 6.42 Å². The van der Waals surface area contributed by atoms with Gasteiger partial charge < -0.3 is 14.2 Å². The average molecular weight is 493 g/mol. The van der Waals surface area contributed by atoms with Crippen molar-refractivity contribution in [2.45, 2.75) is 57.4 Å². The van der Waals surface area contributed by atoms with Crippen LogP contribution in [-0.2, 0) is 14.9 Å². The van der Waals surface area contributed by atoms with Crippen LogP contribution < -0.4 is 9.47 Å². The number of halogens is 3. The lowest BCUT2D eigenvalue weighted by Gasteiger charge is -2.42. The number of esters is 1. The zero-order chi connectivity index (χ0) is 24.0. The lowest BCUT2D eigenvalue weighted by molar-refractivity contribution is -0.275. The topological polar surface area (TPSA) is 99.1 Å². The van der Waals surface area contributed by atoms with E-state index in [2.05, 4.69) is 4.74 Å². The molecular weight excluding hydrogens is 465 g/mol. The first-order chi connectivity index (χ1) is 15.4. The van der Waals surface area contributed by atoms with Gasteiger partial charge in [0.25, 0.3) is 10.1 Å². The van der Waals surface area contributed by atoms with Crippen LogP contribution in [0, 0.1) is 23.7 Å². The molecule has 3 saturated carbocycles. The highest BCUT2D eigenvalue weighted by Crippen LogP contribution is 2.64. The average Bonchev–Trinajstić information content (AvgIpc) is 3.39. The summed E-state index contributed by atoms with van der Waals surface area (Å²) in [4.78, 5) is 12.3. The predicted octanol–water partition coefficient (Wildman–Crippen LogP) is 4.61. The van der Waals surface area contributed by atoms with Crippen molar-refractivity contribution in [3.05, 3.63) is 23.8 Å².